The molecule has 0 amide bonds. The molecule has 8 heteroatoms. The molecule has 0 aromatic carbocycles. The highest BCUT2D eigenvalue weighted by molar-refractivity contribution is 9.10. The summed E-state index contributed by atoms with van der Waals surface area (Å²) < 4.78 is 3.92. The van der Waals surface area contributed by atoms with Crippen LogP contribution in [-0.2, 0) is 13.6 Å². The van der Waals surface area contributed by atoms with E-state index in [2.05, 4.69) is 36.1 Å². The molecule has 0 bridgehead atoms. The summed E-state index contributed by atoms with van der Waals surface area (Å²) in [4.78, 5) is 8.19. The summed E-state index contributed by atoms with van der Waals surface area (Å²) in [6.07, 6.45) is 0. The maximum Gasteiger partial charge on any atom is 0.240 e. The van der Waals surface area contributed by atoms with Gasteiger partial charge in [0.05, 0.1) is 0 Å². The molecular weight excluding hydrogens is 262 g/mol. The number of hydrogen-bond acceptors (Lipinski definition) is 5. The van der Waals surface area contributed by atoms with Gasteiger partial charge in [0.2, 0.25) is 5.95 Å². The van der Waals surface area contributed by atoms with Crippen LogP contribution in [0.5, 0.6) is 0 Å². The minimum Gasteiger partial charge on any atom is -0.366 e. The summed E-state index contributed by atoms with van der Waals surface area (Å²) in [5.74, 6) is 1.77. The second-order valence-electron chi connectivity index (χ2n) is 3.10. The molecule has 2 aromatic heterocycles. The van der Waals surface area contributed by atoms with Gasteiger partial charge in [-0.1, -0.05) is 0 Å². The van der Waals surface area contributed by atoms with Crippen LogP contribution < -0.4 is 5.73 Å². The first-order valence-corrected chi connectivity index (χ1v) is 5.08. The quantitative estimate of drug-likeness (QED) is 0.838. The van der Waals surface area contributed by atoms with Gasteiger partial charge in [-0.25, -0.2) is 9.67 Å². The number of anilines is 1. The van der Waals surface area contributed by atoms with Crippen molar-refractivity contribution in [2.24, 2.45) is 7.05 Å². The number of halogens is 1. The van der Waals surface area contributed by atoms with Crippen LogP contribution in [0.15, 0.2) is 4.73 Å². The highest BCUT2D eigenvalue weighted by Gasteiger charge is 2.09. The lowest BCUT2D eigenvalue weighted by Gasteiger charge is -2.00. The zero-order chi connectivity index (χ0) is 11.0. The predicted octanol–water partition coefficient (Wildman–Crippen LogP) is 0.108. The van der Waals surface area contributed by atoms with Gasteiger partial charge in [0.25, 0.3) is 0 Å². The number of rotatable bonds is 2. The molecule has 7 nitrogen and oxygen atoms in total. The van der Waals surface area contributed by atoms with E-state index in [0.717, 1.165) is 11.6 Å². The van der Waals surface area contributed by atoms with E-state index in [9.17, 15) is 0 Å². The minimum atomic E-state index is 0.237. The molecule has 0 saturated carbocycles. The zero-order valence-corrected chi connectivity index (χ0v) is 9.93. The molecule has 0 unspecified atom stereocenters. The Balaban J connectivity index is 2.29. The number of nitrogen functional groups attached to an aromatic ring is 1. The van der Waals surface area contributed by atoms with Crippen LogP contribution in [0.4, 0.5) is 5.95 Å². The van der Waals surface area contributed by atoms with Crippen molar-refractivity contribution in [3.8, 4) is 0 Å². The Bertz CT molecular complexity index is 441. The maximum absolute atomic E-state index is 5.46. The van der Waals surface area contributed by atoms with E-state index in [-0.39, 0.29) is 5.95 Å². The van der Waals surface area contributed by atoms with Gasteiger partial charge in [-0.2, -0.15) is 10.1 Å². The molecule has 0 aliphatic carbocycles. The molecule has 2 N–H and O–H groups in total. The lowest BCUT2D eigenvalue weighted by Crippen LogP contribution is -2.08. The van der Waals surface area contributed by atoms with Gasteiger partial charge in [0.1, 0.15) is 18.2 Å². The molecule has 0 aliphatic rings. The van der Waals surface area contributed by atoms with Gasteiger partial charge in [0.15, 0.2) is 4.73 Å². The summed E-state index contributed by atoms with van der Waals surface area (Å²) in [7, 11) is 1.84. The normalized spacial score (nSPS) is 10.9. The first-order valence-electron chi connectivity index (χ1n) is 4.28. The number of hydrogen-bond donors (Lipinski definition) is 1. The van der Waals surface area contributed by atoms with Crippen molar-refractivity contribution >= 4 is 21.9 Å². The molecule has 0 spiro atoms. The highest BCUT2D eigenvalue weighted by Crippen LogP contribution is 2.09. The first kappa shape index (κ1) is 10.1. The zero-order valence-electron chi connectivity index (χ0n) is 8.35. The van der Waals surface area contributed by atoms with E-state index >= 15 is 0 Å². The molecular formula is C7H10BrN7. The third-order valence-electron chi connectivity index (χ3n) is 1.89. The van der Waals surface area contributed by atoms with E-state index in [0.29, 0.717) is 11.3 Å². The third-order valence-corrected chi connectivity index (χ3v) is 2.48. The molecule has 0 aliphatic heterocycles. The Hall–Kier alpha value is -1.44. The maximum atomic E-state index is 5.46. The van der Waals surface area contributed by atoms with Crippen molar-refractivity contribution < 1.29 is 0 Å². The number of nitrogens with two attached hydrogens (primary N) is 1. The number of nitrogens with zero attached hydrogens (tertiary/aromatic N) is 6. The Morgan fingerprint density at radius 1 is 1.33 bits per heavy atom. The summed E-state index contributed by atoms with van der Waals surface area (Å²) in [5.41, 5.74) is 5.46. The highest BCUT2D eigenvalue weighted by atomic mass is 79.9. The van der Waals surface area contributed by atoms with E-state index in [1.807, 2.05) is 14.0 Å². The molecule has 2 rings (SSSR count). The molecule has 2 aromatic rings. The van der Waals surface area contributed by atoms with Gasteiger partial charge in [-0.3, -0.25) is 4.68 Å². The second-order valence-corrected chi connectivity index (χ2v) is 3.80. The van der Waals surface area contributed by atoms with Gasteiger partial charge in [-0.05, 0) is 22.9 Å². The molecule has 2 heterocycles. The molecule has 0 radical (unpaired) electrons. The molecule has 0 fully saturated rings. The van der Waals surface area contributed by atoms with Crippen LogP contribution in [0.3, 0.4) is 0 Å². The predicted molar refractivity (Wildman–Crippen MR) is 57.0 cm³/mol. The van der Waals surface area contributed by atoms with Crippen LogP contribution in [0.1, 0.15) is 11.6 Å². The fourth-order valence-electron chi connectivity index (χ4n) is 1.27. The monoisotopic (exact) mass is 271 g/mol. The number of aryl methyl sites for hydroxylation is 2. The molecule has 0 atom stereocenters. The van der Waals surface area contributed by atoms with Crippen LogP contribution in [0.25, 0.3) is 0 Å². The van der Waals surface area contributed by atoms with E-state index in [1.165, 1.54) is 0 Å². The van der Waals surface area contributed by atoms with Gasteiger partial charge in [-0.15, -0.1) is 5.10 Å². The fourth-order valence-corrected chi connectivity index (χ4v) is 1.65. The van der Waals surface area contributed by atoms with E-state index < -0.39 is 0 Å². The topological polar surface area (TPSA) is 87.4 Å². The lowest BCUT2D eigenvalue weighted by atomic mass is 10.6. The second kappa shape index (κ2) is 3.61. The van der Waals surface area contributed by atoms with E-state index in [4.69, 9.17) is 5.73 Å². The van der Waals surface area contributed by atoms with Gasteiger partial charge < -0.3 is 5.73 Å². The summed E-state index contributed by atoms with van der Waals surface area (Å²) in [6.45, 7) is 2.33. The van der Waals surface area contributed by atoms with Crippen molar-refractivity contribution in [1.29, 1.82) is 0 Å². The van der Waals surface area contributed by atoms with Crippen molar-refractivity contribution in [3.63, 3.8) is 0 Å². The van der Waals surface area contributed by atoms with Gasteiger partial charge >= 0.3 is 0 Å². The Morgan fingerprint density at radius 3 is 2.53 bits per heavy atom. The van der Waals surface area contributed by atoms with Crippen LogP contribution in [-0.4, -0.2) is 29.5 Å². The smallest absolute Gasteiger partial charge is 0.240 e. The van der Waals surface area contributed by atoms with Crippen LogP contribution >= 0.6 is 15.9 Å². The third kappa shape index (κ3) is 1.99. The van der Waals surface area contributed by atoms with Crippen molar-refractivity contribution in [2.45, 2.75) is 13.5 Å². The summed E-state index contributed by atoms with van der Waals surface area (Å²) in [5, 5.41) is 8.15. The van der Waals surface area contributed by atoms with Crippen molar-refractivity contribution in [3.05, 3.63) is 16.4 Å². The van der Waals surface area contributed by atoms with Crippen LogP contribution in [0.2, 0.25) is 0 Å². The first-order chi connectivity index (χ1) is 7.06. The fraction of sp³-hybridized carbons (Fsp3) is 0.429. The average molecular weight is 272 g/mol. The standard InChI is InChI=1S/C7H10BrN7/c1-4-10-5(14(2)12-4)3-15-6(8)11-7(9)13-15/h3H2,1-2H3,(H2,9,13). The average Bonchev–Trinajstić information content (AvgIpc) is 2.58. The summed E-state index contributed by atoms with van der Waals surface area (Å²) in [6, 6.07) is 0. The van der Waals surface area contributed by atoms with E-state index in [1.54, 1.807) is 9.36 Å². The molecule has 0 saturated heterocycles. The molecule has 80 valence electrons. The number of aromatic nitrogens is 6. The Kier molecular flexibility index (Phi) is 2.43. The van der Waals surface area contributed by atoms with Crippen molar-refractivity contribution in [1.82, 2.24) is 29.5 Å². The lowest BCUT2D eigenvalue weighted by molar-refractivity contribution is 0.598. The van der Waals surface area contributed by atoms with Crippen molar-refractivity contribution in [2.75, 3.05) is 5.73 Å². The molecule has 15 heavy (non-hydrogen) atoms. The Labute approximate surface area is 94.4 Å². The SMILES string of the molecule is Cc1nc(Cn2nc(N)nc2Br)n(C)n1. The largest absolute Gasteiger partial charge is 0.366 e. The minimum absolute atomic E-state index is 0.237. The van der Waals surface area contributed by atoms with Gasteiger partial charge in [0, 0.05) is 7.05 Å². The Morgan fingerprint density at radius 2 is 2.07 bits per heavy atom. The summed E-state index contributed by atoms with van der Waals surface area (Å²) >= 11 is 3.26. The van der Waals surface area contributed by atoms with Crippen LogP contribution in [0, 0.1) is 6.92 Å².